The van der Waals surface area contributed by atoms with E-state index in [4.69, 9.17) is 0 Å². The van der Waals surface area contributed by atoms with Crippen molar-refractivity contribution in [3.05, 3.63) is 36.5 Å². The van der Waals surface area contributed by atoms with Crippen LogP contribution in [-0.2, 0) is 31.5 Å². The number of rotatable bonds is 24. The molecule has 0 fully saturated rings. The standard InChI is InChI=1S/3C11H20O2.Fe/c3*1-2-3-4-5-6-7-8-9-10-11(12)13;/h3*9-10H,2-8H2,1H3,(H,12,13);/q;;;+3/p-3. The molecule has 0 atom stereocenters. The fourth-order valence-corrected chi connectivity index (χ4v) is 3.67. The number of carbonyl (C=O) groups excluding carboxylic acids is 3. The Kier molecular flexibility index (Phi) is 47.0. The SMILES string of the molecule is CCCCCCCCC=CC(=O)[O-].CCCCCCCCC=CC(=O)[O-].CCCCCCCCC=CC(=O)[O-].[Fe+3]. The summed E-state index contributed by atoms with van der Waals surface area (Å²) in [5, 5.41) is 29.9. The molecule has 0 aromatic rings. The molecule has 0 saturated heterocycles. The normalized spacial score (nSPS) is 10.6. The van der Waals surface area contributed by atoms with E-state index in [9.17, 15) is 29.7 Å². The van der Waals surface area contributed by atoms with Crippen LogP contribution in [0.1, 0.15) is 156 Å². The van der Waals surface area contributed by atoms with Gasteiger partial charge in [0, 0.05) is 0 Å². The maximum atomic E-state index is 9.98. The van der Waals surface area contributed by atoms with E-state index in [1.807, 2.05) is 0 Å². The van der Waals surface area contributed by atoms with Gasteiger partial charge in [0.05, 0.1) is 17.9 Å². The quantitative estimate of drug-likeness (QED) is 0.0742. The zero-order valence-electron chi connectivity index (χ0n) is 25.6. The maximum absolute atomic E-state index is 9.98. The first-order chi connectivity index (χ1) is 18.8. The third-order valence-corrected chi connectivity index (χ3v) is 5.93. The molecule has 0 bridgehead atoms. The summed E-state index contributed by atoms with van der Waals surface area (Å²) in [7, 11) is 0. The van der Waals surface area contributed by atoms with E-state index in [-0.39, 0.29) is 17.1 Å². The predicted molar refractivity (Wildman–Crippen MR) is 156 cm³/mol. The molecular formula is C33H57FeO6. The average molecular weight is 606 g/mol. The number of carboxylic acids is 3. The molecule has 0 amide bonds. The number of aliphatic carboxylic acids is 3. The van der Waals surface area contributed by atoms with E-state index in [2.05, 4.69) is 20.8 Å². The zero-order chi connectivity index (χ0) is 29.8. The van der Waals surface area contributed by atoms with E-state index >= 15 is 0 Å². The van der Waals surface area contributed by atoms with Gasteiger partial charge in [0.25, 0.3) is 0 Å². The van der Waals surface area contributed by atoms with Crippen LogP contribution in [0.25, 0.3) is 0 Å². The second kappa shape index (κ2) is 41.6. The Morgan fingerprint density at radius 2 is 0.600 bits per heavy atom. The van der Waals surface area contributed by atoms with Gasteiger partial charge < -0.3 is 29.7 Å². The smallest absolute Gasteiger partial charge is 0.545 e. The van der Waals surface area contributed by atoms with E-state index in [0.717, 1.165) is 56.8 Å². The Labute approximate surface area is 256 Å². The van der Waals surface area contributed by atoms with Crippen LogP contribution in [0.4, 0.5) is 0 Å². The van der Waals surface area contributed by atoms with Gasteiger partial charge in [-0.15, -0.1) is 0 Å². The van der Waals surface area contributed by atoms with Crippen LogP contribution in [0.2, 0.25) is 0 Å². The van der Waals surface area contributed by atoms with Crippen molar-refractivity contribution in [1.29, 1.82) is 0 Å². The summed E-state index contributed by atoms with van der Waals surface area (Å²) in [6.45, 7) is 6.59. The summed E-state index contributed by atoms with van der Waals surface area (Å²) < 4.78 is 0. The van der Waals surface area contributed by atoms with Crippen LogP contribution < -0.4 is 15.3 Å². The van der Waals surface area contributed by atoms with Crippen LogP contribution in [0.5, 0.6) is 0 Å². The minimum absolute atomic E-state index is 0. The van der Waals surface area contributed by atoms with Gasteiger partial charge >= 0.3 is 17.1 Å². The van der Waals surface area contributed by atoms with Crippen LogP contribution in [-0.4, -0.2) is 17.9 Å². The third-order valence-electron chi connectivity index (χ3n) is 5.93. The van der Waals surface area contributed by atoms with E-state index < -0.39 is 17.9 Å². The van der Waals surface area contributed by atoms with Crippen LogP contribution >= 0.6 is 0 Å². The first kappa shape index (κ1) is 45.1. The Hall–Kier alpha value is -1.85. The van der Waals surface area contributed by atoms with Crippen molar-refractivity contribution in [1.82, 2.24) is 0 Å². The molecule has 0 N–H and O–H groups in total. The number of carboxylic acid groups (broad SMARTS) is 3. The zero-order valence-corrected chi connectivity index (χ0v) is 26.7. The average Bonchev–Trinajstić information content (AvgIpc) is 2.89. The maximum Gasteiger partial charge on any atom is 3.00 e. The van der Waals surface area contributed by atoms with Crippen molar-refractivity contribution in [2.75, 3.05) is 0 Å². The molecular weight excluding hydrogens is 548 g/mol. The second-order valence-corrected chi connectivity index (χ2v) is 9.83. The molecule has 40 heavy (non-hydrogen) atoms. The molecule has 0 spiro atoms. The van der Waals surface area contributed by atoms with Gasteiger partial charge in [0.2, 0.25) is 0 Å². The predicted octanol–water partition coefficient (Wildman–Crippen LogP) is 6.13. The van der Waals surface area contributed by atoms with Crippen LogP contribution in [0, 0.1) is 0 Å². The van der Waals surface area contributed by atoms with Gasteiger partial charge in [-0.2, -0.15) is 0 Å². The topological polar surface area (TPSA) is 120 Å². The summed E-state index contributed by atoms with van der Waals surface area (Å²) in [5.74, 6) is -3.28. The summed E-state index contributed by atoms with van der Waals surface area (Å²) in [4.78, 5) is 29.9. The second-order valence-electron chi connectivity index (χ2n) is 9.83. The minimum Gasteiger partial charge on any atom is -0.545 e. The van der Waals surface area contributed by atoms with Crippen molar-refractivity contribution >= 4 is 17.9 Å². The van der Waals surface area contributed by atoms with Gasteiger partial charge in [-0.3, -0.25) is 0 Å². The number of carbonyl (C=O) groups is 3. The summed E-state index contributed by atoms with van der Waals surface area (Å²) in [6.07, 6.45) is 33.3. The Morgan fingerprint density at radius 1 is 0.400 bits per heavy atom. The summed E-state index contributed by atoms with van der Waals surface area (Å²) in [6, 6.07) is 0. The monoisotopic (exact) mass is 605 g/mol. The van der Waals surface area contributed by atoms with E-state index in [1.54, 1.807) is 18.2 Å². The minimum atomic E-state index is -1.09. The van der Waals surface area contributed by atoms with Crippen molar-refractivity contribution in [3.63, 3.8) is 0 Å². The van der Waals surface area contributed by atoms with Crippen molar-refractivity contribution in [3.8, 4) is 0 Å². The van der Waals surface area contributed by atoms with Gasteiger partial charge in [-0.1, -0.05) is 135 Å². The molecule has 1 radical (unpaired) electrons. The molecule has 6 nitrogen and oxygen atoms in total. The van der Waals surface area contributed by atoms with Crippen molar-refractivity contribution in [2.24, 2.45) is 0 Å². The molecule has 0 aromatic carbocycles. The molecule has 0 saturated carbocycles. The Morgan fingerprint density at radius 3 is 0.800 bits per heavy atom. The van der Waals surface area contributed by atoms with Gasteiger partial charge in [0.15, 0.2) is 0 Å². The molecule has 0 rings (SSSR count). The number of unbranched alkanes of at least 4 members (excludes halogenated alkanes) is 18. The summed E-state index contributed by atoms with van der Waals surface area (Å²) in [5.41, 5.74) is 0. The molecule has 0 aliphatic rings. The van der Waals surface area contributed by atoms with Gasteiger partial charge in [0.1, 0.15) is 0 Å². The van der Waals surface area contributed by atoms with Crippen molar-refractivity contribution < 1.29 is 46.8 Å². The van der Waals surface area contributed by atoms with E-state index in [0.29, 0.717) is 0 Å². The van der Waals surface area contributed by atoms with Crippen molar-refractivity contribution in [2.45, 2.75) is 156 Å². The molecule has 233 valence electrons. The molecule has 0 unspecified atom stereocenters. The number of allylic oxidation sites excluding steroid dienone is 3. The third kappa shape index (κ3) is 56.4. The number of hydrogen-bond acceptors (Lipinski definition) is 6. The Bertz CT molecular complexity index is 543. The first-order valence-corrected chi connectivity index (χ1v) is 15.4. The van der Waals surface area contributed by atoms with E-state index in [1.165, 1.54) is 96.3 Å². The molecule has 7 heteroatoms. The molecule has 0 aliphatic heterocycles. The first-order valence-electron chi connectivity index (χ1n) is 15.4. The molecule has 0 heterocycles. The Balaban J connectivity index is -0.000000240. The molecule has 0 aliphatic carbocycles. The van der Waals surface area contributed by atoms with Crippen LogP contribution in [0.15, 0.2) is 36.5 Å². The fourth-order valence-electron chi connectivity index (χ4n) is 3.67. The summed E-state index contributed by atoms with van der Waals surface area (Å²) >= 11 is 0. The number of hydrogen-bond donors (Lipinski definition) is 0. The fraction of sp³-hybridized carbons (Fsp3) is 0.727. The molecule has 0 aromatic heterocycles. The van der Waals surface area contributed by atoms with Gasteiger partial charge in [-0.25, -0.2) is 0 Å². The van der Waals surface area contributed by atoms with Crippen LogP contribution in [0.3, 0.4) is 0 Å². The van der Waals surface area contributed by atoms with Gasteiger partial charge in [-0.05, 0) is 56.8 Å². The largest absolute Gasteiger partial charge is 3.00 e.